The van der Waals surface area contributed by atoms with E-state index in [0.717, 1.165) is 43.1 Å². The van der Waals surface area contributed by atoms with Gasteiger partial charge in [0.15, 0.2) is 0 Å². The van der Waals surface area contributed by atoms with Crippen molar-refractivity contribution in [3.8, 4) is 11.5 Å². The Labute approximate surface area is 149 Å². The maximum absolute atomic E-state index is 5.48. The summed E-state index contributed by atoms with van der Waals surface area (Å²) in [4.78, 5) is 5.80. The standard InChI is InChI=1S/C21H26N2O2/c1-4-23(15-17-7-5-6-8-21(17)25-3)12-11-16-14-22-20-10-9-18(24-2)13-19(16)20/h5-10,13-14,22H,4,11-12,15H2,1-3H3. The summed E-state index contributed by atoms with van der Waals surface area (Å²) in [5.74, 6) is 1.85. The number of para-hydroxylation sites is 1. The lowest BCUT2D eigenvalue weighted by molar-refractivity contribution is 0.278. The van der Waals surface area contributed by atoms with Crippen molar-refractivity contribution in [2.45, 2.75) is 19.9 Å². The lowest BCUT2D eigenvalue weighted by Gasteiger charge is -2.21. The molecule has 0 spiro atoms. The minimum atomic E-state index is 0.895. The molecular weight excluding hydrogens is 312 g/mol. The van der Waals surface area contributed by atoms with Gasteiger partial charge >= 0.3 is 0 Å². The first-order chi connectivity index (χ1) is 12.2. The van der Waals surface area contributed by atoms with E-state index in [0.29, 0.717) is 0 Å². The molecule has 3 aromatic rings. The Morgan fingerprint density at radius 2 is 1.84 bits per heavy atom. The second-order valence-corrected chi connectivity index (χ2v) is 6.16. The monoisotopic (exact) mass is 338 g/mol. The molecule has 25 heavy (non-hydrogen) atoms. The first-order valence-electron chi connectivity index (χ1n) is 8.73. The molecule has 0 unspecified atom stereocenters. The normalized spacial score (nSPS) is 11.2. The Morgan fingerprint density at radius 1 is 1.00 bits per heavy atom. The van der Waals surface area contributed by atoms with E-state index in [2.05, 4.69) is 47.3 Å². The van der Waals surface area contributed by atoms with Crippen LogP contribution in [0.1, 0.15) is 18.1 Å². The van der Waals surface area contributed by atoms with E-state index in [1.165, 1.54) is 16.5 Å². The average Bonchev–Trinajstić information content (AvgIpc) is 3.07. The smallest absolute Gasteiger partial charge is 0.123 e. The SMILES string of the molecule is CCN(CCc1c[nH]c2ccc(OC)cc12)Cc1ccccc1OC. The first kappa shape index (κ1) is 17.4. The largest absolute Gasteiger partial charge is 0.497 e. The fourth-order valence-electron chi connectivity index (χ4n) is 3.19. The van der Waals surface area contributed by atoms with Crippen molar-refractivity contribution in [2.24, 2.45) is 0 Å². The van der Waals surface area contributed by atoms with Crippen LogP contribution in [0.4, 0.5) is 0 Å². The van der Waals surface area contributed by atoms with Gasteiger partial charge in [-0.3, -0.25) is 4.90 Å². The van der Waals surface area contributed by atoms with Gasteiger partial charge < -0.3 is 14.5 Å². The minimum Gasteiger partial charge on any atom is -0.497 e. The average molecular weight is 338 g/mol. The fourth-order valence-corrected chi connectivity index (χ4v) is 3.19. The van der Waals surface area contributed by atoms with Crippen LogP contribution in [0.5, 0.6) is 11.5 Å². The number of rotatable bonds is 8. The van der Waals surface area contributed by atoms with Gasteiger partial charge in [-0.1, -0.05) is 25.1 Å². The van der Waals surface area contributed by atoms with Crippen molar-refractivity contribution in [2.75, 3.05) is 27.3 Å². The van der Waals surface area contributed by atoms with E-state index in [1.54, 1.807) is 14.2 Å². The number of methoxy groups -OCH3 is 2. The zero-order chi connectivity index (χ0) is 17.6. The molecule has 1 heterocycles. The van der Waals surface area contributed by atoms with Gasteiger partial charge in [0.05, 0.1) is 14.2 Å². The number of hydrogen-bond acceptors (Lipinski definition) is 3. The molecule has 0 atom stereocenters. The van der Waals surface area contributed by atoms with Crippen molar-refractivity contribution in [1.29, 1.82) is 0 Å². The molecule has 0 amide bonds. The molecule has 0 aliphatic heterocycles. The maximum atomic E-state index is 5.48. The third-order valence-electron chi connectivity index (χ3n) is 4.71. The number of likely N-dealkylation sites (N-methyl/N-ethyl adjacent to an activating group) is 1. The summed E-state index contributed by atoms with van der Waals surface area (Å²) in [5, 5.41) is 1.24. The predicted octanol–water partition coefficient (Wildman–Crippen LogP) is 4.25. The van der Waals surface area contributed by atoms with Gasteiger partial charge in [0.1, 0.15) is 11.5 Å². The summed E-state index contributed by atoms with van der Waals surface area (Å²) in [6.07, 6.45) is 3.11. The lowest BCUT2D eigenvalue weighted by Crippen LogP contribution is -2.25. The molecule has 0 bridgehead atoms. The van der Waals surface area contributed by atoms with Crippen LogP contribution in [0, 0.1) is 0 Å². The Bertz CT molecular complexity index is 826. The molecule has 1 N–H and O–H groups in total. The molecular formula is C21H26N2O2. The van der Waals surface area contributed by atoms with Crippen LogP contribution in [0.2, 0.25) is 0 Å². The molecule has 2 aromatic carbocycles. The Kier molecular flexibility index (Phi) is 5.61. The van der Waals surface area contributed by atoms with Crippen molar-refractivity contribution in [3.63, 3.8) is 0 Å². The van der Waals surface area contributed by atoms with Crippen molar-refractivity contribution >= 4 is 10.9 Å². The predicted molar refractivity (Wildman–Crippen MR) is 102 cm³/mol. The summed E-state index contributed by atoms with van der Waals surface area (Å²) in [6.45, 7) is 5.10. The molecule has 3 rings (SSSR count). The molecule has 0 fully saturated rings. The van der Waals surface area contributed by atoms with Crippen LogP contribution in [-0.4, -0.2) is 37.2 Å². The molecule has 0 aliphatic carbocycles. The quantitative estimate of drug-likeness (QED) is 0.667. The number of H-pyrrole nitrogens is 1. The lowest BCUT2D eigenvalue weighted by atomic mass is 10.1. The van der Waals surface area contributed by atoms with Gasteiger partial charge in [-0.2, -0.15) is 0 Å². The van der Waals surface area contributed by atoms with Crippen molar-refractivity contribution in [1.82, 2.24) is 9.88 Å². The van der Waals surface area contributed by atoms with Crippen LogP contribution in [0.3, 0.4) is 0 Å². The van der Waals surface area contributed by atoms with E-state index in [9.17, 15) is 0 Å². The molecule has 0 saturated carbocycles. The second-order valence-electron chi connectivity index (χ2n) is 6.16. The van der Waals surface area contributed by atoms with Crippen LogP contribution in [0.25, 0.3) is 10.9 Å². The summed E-state index contributed by atoms with van der Waals surface area (Å²) >= 11 is 0. The molecule has 4 nitrogen and oxygen atoms in total. The summed E-state index contributed by atoms with van der Waals surface area (Å²) in [5.41, 5.74) is 3.71. The van der Waals surface area contributed by atoms with Gasteiger partial charge in [0, 0.05) is 35.8 Å². The van der Waals surface area contributed by atoms with Gasteiger partial charge in [-0.15, -0.1) is 0 Å². The van der Waals surface area contributed by atoms with Crippen LogP contribution < -0.4 is 9.47 Å². The van der Waals surface area contributed by atoms with E-state index < -0.39 is 0 Å². The number of aromatic nitrogens is 1. The van der Waals surface area contributed by atoms with E-state index in [1.807, 2.05) is 18.2 Å². The summed E-state index contributed by atoms with van der Waals surface area (Å²) in [6, 6.07) is 14.4. The highest BCUT2D eigenvalue weighted by Gasteiger charge is 2.10. The zero-order valence-electron chi connectivity index (χ0n) is 15.2. The number of nitrogens with one attached hydrogen (secondary N) is 1. The van der Waals surface area contributed by atoms with Gasteiger partial charge in [-0.25, -0.2) is 0 Å². The van der Waals surface area contributed by atoms with Crippen molar-refractivity contribution < 1.29 is 9.47 Å². The van der Waals surface area contributed by atoms with Crippen LogP contribution in [0.15, 0.2) is 48.7 Å². The number of benzene rings is 2. The van der Waals surface area contributed by atoms with E-state index >= 15 is 0 Å². The van der Waals surface area contributed by atoms with Crippen LogP contribution >= 0.6 is 0 Å². The first-order valence-corrected chi connectivity index (χ1v) is 8.73. The molecule has 132 valence electrons. The highest BCUT2D eigenvalue weighted by Crippen LogP contribution is 2.24. The minimum absolute atomic E-state index is 0.895. The highest BCUT2D eigenvalue weighted by atomic mass is 16.5. The number of ether oxygens (including phenoxy) is 2. The molecule has 0 radical (unpaired) electrons. The fraction of sp³-hybridized carbons (Fsp3) is 0.333. The maximum Gasteiger partial charge on any atom is 0.123 e. The van der Waals surface area contributed by atoms with Crippen LogP contribution in [-0.2, 0) is 13.0 Å². The topological polar surface area (TPSA) is 37.5 Å². The van der Waals surface area contributed by atoms with E-state index in [4.69, 9.17) is 9.47 Å². The molecule has 1 aromatic heterocycles. The third-order valence-corrected chi connectivity index (χ3v) is 4.71. The summed E-state index contributed by atoms with van der Waals surface area (Å²) < 4.78 is 10.8. The summed E-state index contributed by atoms with van der Waals surface area (Å²) in [7, 11) is 3.44. The Hall–Kier alpha value is -2.46. The molecule has 4 heteroatoms. The van der Waals surface area contributed by atoms with Gasteiger partial charge in [0.2, 0.25) is 0 Å². The Morgan fingerprint density at radius 3 is 2.60 bits per heavy atom. The number of nitrogens with zero attached hydrogens (tertiary/aromatic N) is 1. The highest BCUT2D eigenvalue weighted by molar-refractivity contribution is 5.84. The van der Waals surface area contributed by atoms with Gasteiger partial charge in [0.25, 0.3) is 0 Å². The number of hydrogen-bond donors (Lipinski definition) is 1. The number of aromatic amines is 1. The zero-order valence-corrected chi connectivity index (χ0v) is 15.2. The van der Waals surface area contributed by atoms with Gasteiger partial charge in [-0.05, 0) is 42.8 Å². The Balaban J connectivity index is 1.71. The van der Waals surface area contributed by atoms with E-state index in [-0.39, 0.29) is 0 Å². The second kappa shape index (κ2) is 8.08. The molecule has 0 saturated heterocycles. The number of fused-ring (bicyclic) bond motifs is 1. The molecule has 0 aliphatic rings. The van der Waals surface area contributed by atoms with Crippen molar-refractivity contribution in [3.05, 3.63) is 59.8 Å². The third kappa shape index (κ3) is 3.97.